The first-order chi connectivity index (χ1) is 13.7. The normalized spacial score (nSPS) is 16.5. The van der Waals surface area contributed by atoms with Gasteiger partial charge in [-0.1, -0.05) is 91.0 Å². The molecule has 0 radical (unpaired) electrons. The number of hydrogen-bond donors (Lipinski definition) is 0. The van der Waals surface area contributed by atoms with Crippen LogP contribution < -0.4 is 0 Å². The topological polar surface area (TPSA) is 35.5 Å². The van der Waals surface area contributed by atoms with Gasteiger partial charge in [-0.05, 0) is 16.7 Å². The first kappa shape index (κ1) is 18.1. The van der Waals surface area contributed by atoms with Crippen molar-refractivity contribution in [3.63, 3.8) is 0 Å². The summed E-state index contributed by atoms with van der Waals surface area (Å²) in [7, 11) is 0. The molecule has 4 rings (SSSR count). The van der Waals surface area contributed by atoms with Gasteiger partial charge in [0.1, 0.15) is 11.7 Å². The molecule has 0 spiro atoms. The summed E-state index contributed by atoms with van der Waals surface area (Å²) in [5, 5.41) is 0. The van der Waals surface area contributed by atoms with Crippen LogP contribution in [0.1, 0.15) is 16.7 Å². The van der Waals surface area contributed by atoms with Crippen molar-refractivity contribution in [2.75, 3.05) is 6.61 Å². The van der Waals surface area contributed by atoms with Crippen molar-refractivity contribution in [2.45, 2.75) is 11.7 Å². The number of hydrogen-bond acceptors (Lipinski definition) is 3. The Morgan fingerprint density at radius 3 is 1.57 bits per heavy atom. The standard InChI is InChI=1S/C24H19FO3/c25-22-16-21(28-23(22)26)17-27-24(18-10-4-1-5-11-18,19-12-6-2-7-13-19)20-14-8-3-9-15-20/h1-16,21H,17H2/t21-/m0/s1. The van der Waals surface area contributed by atoms with Crippen molar-refractivity contribution in [1.29, 1.82) is 0 Å². The molecule has 1 atom stereocenters. The van der Waals surface area contributed by atoms with Gasteiger partial charge in [-0.15, -0.1) is 0 Å². The minimum Gasteiger partial charge on any atom is -0.450 e. The largest absolute Gasteiger partial charge is 0.450 e. The molecule has 0 N–H and O–H groups in total. The molecule has 0 amide bonds. The van der Waals surface area contributed by atoms with Gasteiger partial charge in [-0.3, -0.25) is 0 Å². The van der Waals surface area contributed by atoms with Gasteiger partial charge >= 0.3 is 5.97 Å². The van der Waals surface area contributed by atoms with Crippen LogP contribution in [0.2, 0.25) is 0 Å². The van der Waals surface area contributed by atoms with Crippen LogP contribution in [0.15, 0.2) is 103 Å². The number of carbonyl (C=O) groups is 1. The fourth-order valence-corrected chi connectivity index (χ4v) is 3.52. The number of carbonyl (C=O) groups excluding carboxylic acids is 1. The third kappa shape index (κ3) is 3.35. The van der Waals surface area contributed by atoms with Gasteiger partial charge in [-0.2, -0.15) is 4.39 Å². The Morgan fingerprint density at radius 2 is 1.21 bits per heavy atom. The van der Waals surface area contributed by atoms with Gasteiger partial charge < -0.3 is 9.47 Å². The molecule has 3 aromatic carbocycles. The molecule has 0 aliphatic carbocycles. The molecular formula is C24H19FO3. The minimum absolute atomic E-state index is 0.0256. The molecular weight excluding hydrogens is 355 g/mol. The summed E-state index contributed by atoms with van der Waals surface area (Å²) in [5.41, 5.74) is 1.87. The van der Waals surface area contributed by atoms with E-state index in [0.717, 1.165) is 22.8 Å². The van der Waals surface area contributed by atoms with E-state index >= 15 is 0 Å². The Bertz CT molecular complexity index is 872. The van der Waals surface area contributed by atoms with Gasteiger partial charge in [0.15, 0.2) is 0 Å². The van der Waals surface area contributed by atoms with Crippen molar-refractivity contribution in [1.82, 2.24) is 0 Å². The third-order valence-electron chi connectivity index (χ3n) is 4.79. The smallest absolute Gasteiger partial charge is 0.367 e. The predicted molar refractivity (Wildman–Crippen MR) is 104 cm³/mol. The predicted octanol–water partition coefficient (Wildman–Crippen LogP) is 4.77. The molecule has 1 heterocycles. The summed E-state index contributed by atoms with van der Waals surface area (Å²) in [6, 6.07) is 29.5. The number of rotatable bonds is 6. The molecule has 28 heavy (non-hydrogen) atoms. The summed E-state index contributed by atoms with van der Waals surface area (Å²) in [4.78, 5) is 11.4. The maximum atomic E-state index is 13.5. The van der Waals surface area contributed by atoms with Crippen LogP contribution in [0.3, 0.4) is 0 Å². The van der Waals surface area contributed by atoms with Crippen LogP contribution in [-0.4, -0.2) is 18.7 Å². The Morgan fingerprint density at radius 1 is 0.786 bits per heavy atom. The number of ether oxygens (including phenoxy) is 2. The number of halogens is 1. The van der Waals surface area contributed by atoms with Crippen LogP contribution >= 0.6 is 0 Å². The van der Waals surface area contributed by atoms with Crippen molar-refractivity contribution in [3.05, 3.63) is 120 Å². The minimum atomic E-state index is -0.946. The molecule has 0 saturated carbocycles. The summed E-state index contributed by atoms with van der Waals surface area (Å²) < 4.78 is 25.0. The zero-order chi connectivity index (χ0) is 19.4. The summed E-state index contributed by atoms with van der Waals surface area (Å²) >= 11 is 0. The van der Waals surface area contributed by atoms with Crippen LogP contribution in [0, 0.1) is 0 Å². The number of esters is 1. The molecule has 4 heteroatoms. The van der Waals surface area contributed by atoms with E-state index in [0.29, 0.717) is 0 Å². The van der Waals surface area contributed by atoms with Crippen LogP contribution in [0.4, 0.5) is 4.39 Å². The molecule has 3 aromatic rings. The highest BCUT2D eigenvalue weighted by Gasteiger charge is 2.39. The molecule has 1 aliphatic rings. The van der Waals surface area contributed by atoms with Crippen molar-refractivity contribution in [3.8, 4) is 0 Å². The van der Waals surface area contributed by atoms with Gasteiger partial charge in [0.2, 0.25) is 5.83 Å². The van der Waals surface area contributed by atoms with Gasteiger partial charge in [0.25, 0.3) is 0 Å². The second-order valence-electron chi connectivity index (χ2n) is 6.55. The maximum absolute atomic E-state index is 13.5. The SMILES string of the molecule is O=C1O[C@H](COC(c2ccccc2)(c2ccccc2)c2ccccc2)C=C1F. The highest BCUT2D eigenvalue weighted by atomic mass is 19.1. The van der Waals surface area contributed by atoms with E-state index in [9.17, 15) is 9.18 Å². The second kappa shape index (κ2) is 7.79. The Balaban J connectivity index is 1.83. The average molecular weight is 374 g/mol. The molecule has 1 aliphatic heterocycles. The quantitative estimate of drug-likeness (QED) is 0.460. The van der Waals surface area contributed by atoms with E-state index in [-0.39, 0.29) is 6.61 Å². The zero-order valence-electron chi connectivity index (χ0n) is 15.1. The summed E-state index contributed by atoms with van der Waals surface area (Å²) in [5.74, 6) is -1.82. The second-order valence-corrected chi connectivity index (χ2v) is 6.55. The van der Waals surface area contributed by atoms with E-state index in [4.69, 9.17) is 9.47 Å². The lowest BCUT2D eigenvalue weighted by atomic mass is 9.80. The first-order valence-corrected chi connectivity index (χ1v) is 9.09. The van der Waals surface area contributed by atoms with Crippen LogP contribution in [0.5, 0.6) is 0 Å². The van der Waals surface area contributed by atoms with Crippen LogP contribution in [0.25, 0.3) is 0 Å². The number of benzene rings is 3. The highest BCUT2D eigenvalue weighted by molar-refractivity contribution is 5.88. The van der Waals surface area contributed by atoms with E-state index < -0.39 is 23.5 Å². The maximum Gasteiger partial charge on any atom is 0.367 e. The molecule has 140 valence electrons. The molecule has 3 nitrogen and oxygen atoms in total. The van der Waals surface area contributed by atoms with E-state index in [1.54, 1.807) is 0 Å². The van der Waals surface area contributed by atoms with E-state index in [1.807, 2.05) is 91.0 Å². The molecule has 0 bridgehead atoms. The van der Waals surface area contributed by atoms with Crippen LogP contribution in [-0.2, 0) is 19.9 Å². The van der Waals surface area contributed by atoms with E-state index in [1.165, 1.54) is 0 Å². The molecule has 0 fully saturated rings. The highest BCUT2D eigenvalue weighted by Crippen LogP contribution is 2.40. The van der Waals surface area contributed by atoms with E-state index in [2.05, 4.69) is 0 Å². The monoisotopic (exact) mass is 374 g/mol. The van der Waals surface area contributed by atoms with Crippen molar-refractivity contribution in [2.24, 2.45) is 0 Å². The Hall–Kier alpha value is -3.24. The number of cyclic esters (lactones) is 1. The summed E-state index contributed by atoms with van der Waals surface area (Å²) in [6.45, 7) is 0.0256. The fourth-order valence-electron chi connectivity index (χ4n) is 3.52. The van der Waals surface area contributed by atoms with Gasteiger partial charge in [0.05, 0.1) is 6.61 Å². The summed E-state index contributed by atoms with van der Waals surface area (Å²) in [6.07, 6.45) is 0.400. The van der Waals surface area contributed by atoms with Gasteiger partial charge in [0, 0.05) is 6.08 Å². The molecule has 0 saturated heterocycles. The molecule has 0 unspecified atom stereocenters. The average Bonchev–Trinajstić information content (AvgIpc) is 3.08. The fraction of sp³-hybridized carbons (Fsp3) is 0.125. The Kier molecular flexibility index (Phi) is 5.04. The lowest BCUT2D eigenvalue weighted by Crippen LogP contribution is -2.35. The van der Waals surface area contributed by atoms with Crippen molar-refractivity contribution >= 4 is 5.97 Å². The van der Waals surface area contributed by atoms with Crippen molar-refractivity contribution < 1.29 is 18.7 Å². The lowest BCUT2D eigenvalue weighted by molar-refractivity contribution is -0.144. The van der Waals surface area contributed by atoms with Gasteiger partial charge in [-0.25, -0.2) is 4.79 Å². The third-order valence-corrected chi connectivity index (χ3v) is 4.79. The zero-order valence-corrected chi connectivity index (χ0v) is 15.1. The molecule has 0 aromatic heterocycles. The first-order valence-electron chi connectivity index (χ1n) is 9.09. The lowest BCUT2D eigenvalue weighted by Gasteiger charge is -2.36. The Labute approximate surface area is 163 Å².